The van der Waals surface area contributed by atoms with Gasteiger partial charge in [-0.15, -0.1) is 21.5 Å². The number of aromatic nitrogens is 4. The third kappa shape index (κ3) is 4.27. The summed E-state index contributed by atoms with van der Waals surface area (Å²) in [6.45, 7) is 6.18. The minimum atomic E-state index is -0.0955. The van der Waals surface area contributed by atoms with E-state index in [0.29, 0.717) is 29.0 Å². The summed E-state index contributed by atoms with van der Waals surface area (Å²) in [7, 11) is 0. The van der Waals surface area contributed by atoms with Crippen LogP contribution in [0.25, 0.3) is 20.8 Å². The molecule has 0 saturated carbocycles. The van der Waals surface area contributed by atoms with Gasteiger partial charge in [-0.2, -0.15) is 0 Å². The highest BCUT2D eigenvalue weighted by molar-refractivity contribution is 7.17. The van der Waals surface area contributed by atoms with Crippen LogP contribution in [0.3, 0.4) is 0 Å². The molecule has 0 atom stereocenters. The lowest BCUT2D eigenvalue weighted by Gasteiger charge is -2.15. The van der Waals surface area contributed by atoms with E-state index in [9.17, 15) is 4.79 Å². The van der Waals surface area contributed by atoms with E-state index < -0.39 is 0 Å². The molecule has 0 spiro atoms. The second kappa shape index (κ2) is 8.77. The van der Waals surface area contributed by atoms with Crippen molar-refractivity contribution in [3.63, 3.8) is 0 Å². The fourth-order valence-electron chi connectivity index (χ4n) is 3.44. The molecule has 32 heavy (non-hydrogen) atoms. The molecule has 3 aromatic heterocycles. The average Bonchev–Trinajstić information content (AvgIpc) is 3.54. The van der Waals surface area contributed by atoms with Crippen LogP contribution in [-0.2, 0) is 0 Å². The van der Waals surface area contributed by atoms with Crippen molar-refractivity contribution in [1.29, 1.82) is 0 Å². The average molecular weight is 467 g/mol. The van der Waals surface area contributed by atoms with Gasteiger partial charge in [-0.05, 0) is 32.0 Å². The molecule has 0 aliphatic carbocycles. The summed E-state index contributed by atoms with van der Waals surface area (Å²) in [4.78, 5) is 23.3. The Morgan fingerprint density at radius 2 is 2.12 bits per heavy atom. The Labute approximate surface area is 192 Å². The van der Waals surface area contributed by atoms with E-state index in [2.05, 4.69) is 56.0 Å². The van der Waals surface area contributed by atoms with Crippen molar-refractivity contribution in [3.8, 4) is 10.6 Å². The van der Waals surface area contributed by atoms with Crippen LogP contribution in [0.15, 0.2) is 36.0 Å². The Kier molecular flexibility index (Phi) is 5.68. The number of hydrogen-bond acceptors (Lipinski definition) is 10. The molecule has 5 rings (SSSR count). The molecule has 4 aromatic rings. The third-order valence-electron chi connectivity index (χ3n) is 4.94. The molecule has 1 aromatic carbocycles. The molecule has 164 valence electrons. The number of benzene rings is 1. The Hall–Kier alpha value is -3.15. The van der Waals surface area contributed by atoms with Crippen molar-refractivity contribution in [2.24, 2.45) is 0 Å². The van der Waals surface area contributed by atoms with Crippen LogP contribution in [-0.4, -0.2) is 56.8 Å². The van der Waals surface area contributed by atoms with Crippen LogP contribution in [0.5, 0.6) is 0 Å². The Morgan fingerprint density at radius 3 is 2.94 bits per heavy atom. The van der Waals surface area contributed by atoms with Gasteiger partial charge in [0.25, 0.3) is 5.91 Å². The molecule has 11 heteroatoms. The number of rotatable bonds is 6. The number of hydrogen-bond donors (Lipinski definition) is 3. The second-order valence-electron chi connectivity index (χ2n) is 7.71. The molecule has 0 radical (unpaired) electrons. The smallest absolute Gasteiger partial charge is 0.285 e. The van der Waals surface area contributed by atoms with E-state index in [1.54, 1.807) is 22.4 Å². The van der Waals surface area contributed by atoms with Crippen molar-refractivity contribution in [3.05, 3.63) is 41.0 Å². The standard InChI is InChI=1S/C21H22N8OS2/c1-12(2)25-16-8-18(26-13-3-4-15-17(7-13)31-11-24-15)23-9-14(16)19-27-28-20(32-19)21(30)29-6-5-22-10-29/h3-4,7-9,11-12,22H,5-6,10H2,1-2H3,(H2,23,25,26). The first-order valence-electron chi connectivity index (χ1n) is 10.3. The van der Waals surface area contributed by atoms with E-state index >= 15 is 0 Å². The number of carbonyl (C=O) groups excluding carboxylic acids is 1. The second-order valence-corrected chi connectivity index (χ2v) is 9.58. The first-order valence-corrected chi connectivity index (χ1v) is 12.0. The van der Waals surface area contributed by atoms with E-state index in [-0.39, 0.29) is 11.9 Å². The number of nitrogens with one attached hydrogen (secondary N) is 3. The van der Waals surface area contributed by atoms with Gasteiger partial charge in [0.05, 0.1) is 28.0 Å². The number of anilines is 3. The highest BCUT2D eigenvalue weighted by atomic mass is 32.1. The van der Waals surface area contributed by atoms with Gasteiger partial charge < -0.3 is 15.5 Å². The van der Waals surface area contributed by atoms with Crippen molar-refractivity contribution >= 4 is 56.0 Å². The number of amides is 1. The van der Waals surface area contributed by atoms with Gasteiger partial charge in [-0.25, -0.2) is 9.97 Å². The topological polar surface area (TPSA) is 108 Å². The van der Waals surface area contributed by atoms with Gasteiger partial charge in [-0.1, -0.05) is 11.3 Å². The van der Waals surface area contributed by atoms with Gasteiger partial charge in [0.1, 0.15) is 5.82 Å². The maximum atomic E-state index is 12.6. The van der Waals surface area contributed by atoms with E-state index in [0.717, 1.165) is 33.7 Å². The lowest BCUT2D eigenvalue weighted by atomic mass is 10.2. The summed E-state index contributed by atoms with van der Waals surface area (Å²) >= 11 is 2.89. The van der Waals surface area contributed by atoms with E-state index in [4.69, 9.17) is 0 Å². The third-order valence-corrected chi connectivity index (χ3v) is 6.67. The normalized spacial score (nSPS) is 13.8. The van der Waals surface area contributed by atoms with Crippen molar-refractivity contribution in [1.82, 2.24) is 30.4 Å². The number of carbonyl (C=O) groups is 1. The first-order chi connectivity index (χ1) is 15.6. The Bertz CT molecular complexity index is 1260. The summed E-state index contributed by atoms with van der Waals surface area (Å²) in [6, 6.07) is 8.21. The summed E-state index contributed by atoms with van der Waals surface area (Å²) in [5.41, 5.74) is 5.47. The highest BCUT2D eigenvalue weighted by Gasteiger charge is 2.24. The number of fused-ring (bicyclic) bond motifs is 1. The van der Waals surface area contributed by atoms with Gasteiger partial charge >= 0.3 is 0 Å². The summed E-state index contributed by atoms with van der Waals surface area (Å²) < 4.78 is 1.12. The highest BCUT2D eigenvalue weighted by Crippen LogP contribution is 2.33. The Morgan fingerprint density at radius 1 is 1.22 bits per heavy atom. The molecule has 4 heterocycles. The van der Waals surface area contributed by atoms with E-state index in [1.165, 1.54) is 11.3 Å². The zero-order valence-corrected chi connectivity index (χ0v) is 19.3. The molecular formula is C21H22N8OS2. The molecule has 3 N–H and O–H groups in total. The predicted molar refractivity (Wildman–Crippen MR) is 129 cm³/mol. The maximum Gasteiger partial charge on any atom is 0.285 e. The molecule has 1 saturated heterocycles. The maximum absolute atomic E-state index is 12.6. The molecule has 1 aliphatic heterocycles. The SMILES string of the molecule is CC(C)Nc1cc(Nc2ccc3ncsc3c2)ncc1-c1nnc(C(=O)N2CCNC2)s1. The van der Waals surface area contributed by atoms with Crippen LogP contribution < -0.4 is 16.0 Å². The number of nitrogens with zero attached hydrogens (tertiary/aromatic N) is 5. The van der Waals surface area contributed by atoms with Gasteiger partial charge in [0.2, 0.25) is 5.01 Å². The van der Waals surface area contributed by atoms with Crippen LogP contribution in [0.2, 0.25) is 0 Å². The van der Waals surface area contributed by atoms with Gasteiger partial charge in [0.15, 0.2) is 5.01 Å². The number of pyridine rings is 1. The fraction of sp³-hybridized carbons (Fsp3) is 0.286. The van der Waals surface area contributed by atoms with Crippen molar-refractivity contribution in [2.45, 2.75) is 19.9 Å². The lowest BCUT2D eigenvalue weighted by molar-refractivity contribution is 0.0790. The van der Waals surface area contributed by atoms with Crippen LogP contribution in [0.4, 0.5) is 17.2 Å². The molecule has 0 unspecified atom stereocenters. The van der Waals surface area contributed by atoms with Crippen LogP contribution in [0.1, 0.15) is 23.6 Å². The van der Waals surface area contributed by atoms with E-state index in [1.807, 2.05) is 23.7 Å². The minimum absolute atomic E-state index is 0.0955. The Balaban J connectivity index is 1.42. The quantitative estimate of drug-likeness (QED) is 0.394. The predicted octanol–water partition coefficient (Wildman–Crippen LogP) is 3.78. The van der Waals surface area contributed by atoms with Crippen molar-refractivity contribution < 1.29 is 4.79 Å². The largest absolute Gasteiger partial charge is 0.382 e. The number of thiazole rings is 1. The summed E-state index contributed by atoms with van der Waals surface area (Å²) in [6.07, 6.45) is 1.77. The van der Waals surface area contributed by atoms with Crippen LogP contribution in [0, 0.1) is 0 Å². The minimum Gasteiger partial charge on any atom is -0.382 e. The zero-order valence-electron chi connectivity index (χ0n) is 17.6. The van der Waals surface area contributed by atoms with Crippen LogP contribution >= 0.6 is 22.7 Å². The van der Waals surface area contributed by atoms with Gasteiger partial charge in [0, 0.05) is 42.8 Å². The molecule has 0 bridgehead atoms. The lowest BCUT2D eigenvalue weighted by Crippen LogP contribution is -2.29. The first kappa shape index (κ1) is 20.7. The summed E-state index contributed by atoms with van der Waals surface area (Å²) in [5, 5.41) is 19.5. The monoisotopic (exact) mass is 466 g/mol. The molecule has 1 aliphatic rings. The fourth-order valence-corrected chi connectivity index (χ4v) is 4.99. The molecule has 9 nitrogen and oxygen atoms in total. The molecule has 1 amide bonds. The molecular weight excluding hydrogens is 444 g/mol. The summed E-state index contributed by atoms with van der Waals surface area (Å²) in [5.74, 6) is 0.617. The zero-order chi connectivity index (χ0) is 22.1. The van der Waals surface area contributed by atoms with Crippen molar-refractivity contribution in [2.75, 3.05) is 30.4 Å². The molecule has 1 fully saturated rings. The van der Waals surface area contributed by atoms with Gasteiger partial charge in [-0.3, -0.25) is 10.1 Å².